The van der Waals surface area contributed by atoms with Crippen molar-refractivity contribution in [2.45, 2.75) is 181 Å². The van der Waals surface area contributed by atoms with Crippen LogP contribution in [0.2, 0.25) is 0 Å². The van der Waals surface area contributed by atoms with Crippen molar-refractivity contribution in [2.75, 3.05) is 33.0 Å². The molecule has 10 heterocycles. The van der Waals surface area contributed by atoms with E-state index in [-0.39, 0.29) is 58.5 Å². The van der Waals surface area contributed by atoms with E-state index < -0.39 is 41.1 Å². The summed E-state index contributed by atoms with van der Waals surface area (Å²) in [7, 11) is 0. The van der Waals surface area contributed by atoms with E-state index in [1.807, 2.05) is 96.7 Å². The molecule has 5 N–H and O–H groups in total. The lowest BCUT2D eigenvalue weighted by atomic mass is 10.1. The van der Waals surface area contributed by atoms with Gasteiger partial charge in [-0.25, -0.2) is 14.4 Å². The third-order valence-corrected chi connectivity index (χ3v) is 15.6. The van der Waals surface area contributed by atoms with E-state index in [0.717, 1.165) is 17.1 Å². The molecule has 4 fully saturated rings. The third-order valence-electron chi connectivity index (χ3n) is 15.6. The molecule has 4 aliphatic heterocycles. The van der Waals surface area contributed by atoms with Gasteiger partial charge < -0.3 is 58.9 Å². The Morgan fingerprint density at radius 1 is 0.368 bits per heavy atom. The zero-order valence-corrected chi connectivity index (χ0v) is 54.9. The van der Waals surface area contributed by atoms with Gasteiger partial charge in [0.1, 0.15) is 0 Å². The summed E-state index contributed by atoms with van der Waals surface area (Å²) in [6.07, 6.45) is 11.2. The number of carbonyl (C=O) groups excluding carboxylic acids is 3. The van der Waals surface area contributed by atoms with Crippen molar-refractivity contribution in [3.05, 3.63) is 178 Å². The Labute approximate surface area is 551 Å². The summed E-state index contributed by atoms with van der Waals surface area (Å²) in [5.41, 5.74) is 11.4. The van der Waals surface area contributed by atoms with Gasteiger partial charge in [-0.15, -0.1) is 0 Å². The molecule has 26 heteroatoms. The maximum atomic E-state index is 13.0. The number of nitrogens with two attached hydrogens (primary N) is 1. The van der Waals surface area contributed by atoms with Gasteiger partial charge in [-0.3, -0.25) is 54.1 Å². The van der Waals surface area contributed by atoms with Crippen molar-refractivity contribution in [3.8, 4) is 0 Å². The van der Waals surface area contributed by atoms with E-state index >= 15 is 0 Å². The van der Waals surface area contributed by atoms with Crippen molar-refractivity contribution < 1.29 is 82.0 Å². The fraction of sp³-hybridized carbons (Fsp3) is 0.478. The van der Waals surface area contributed by atoms with Crippen LogP contribution in [0.3, 0.4) is 0 Å². The minimum Gasteiger partial charge on any atom is -0.478 e. The maximum Gasteiger partial charge on any atom is 0.337 e. The Kier molecular flexibility index (Phi) is 25.3. The molecule has 10 rings (SSSR count). The number of carboxylic acid groups (broad SMARTS) is 3. The van der Waals surface area contributed by atoms with Crippen LogP contribution in [0.4, 0.5) is 0 Å². The van der Waals surface area contributed by atoms with E-state index in [2.05, 4.69) is 34.8 Å². The van der Waals surface area contributed by atoms with Crippen LogP contribution < -0.4 is 5.73 Å². The summed E-state index contributed by atoms with van der Waals surface area (Å²) in [4.78, 5) is 102. The van der Waals surface area contributed by atoms with Gasteiger partial charge >= 0.3 is 17.9 Å². The molecule has 4 saturated heterocycles. The molecule has 0 unspecified atom stereocenters. The third kappa shape index (κ3) is 23.3. The summed E-state index contributed by atoms with van der Waals surface area (Å²) < 4.78 is 45.0. The van der Waals surface area contributed by atoms with E-state index in [0.29, 0.717) is 145 Å². The number of carboxylic acids is 3. The second kappa shape index (κ2) is 33.0. The summed E-state index contributed by atoms with van der Waals surface area (Å²) in [6.45, 7) is 20.0. The topological polar surface area (TPSA) is 347 Å². The second-order valence-electron chi connectivity index (χ2n) is 25.4. The number of aromatic nitrogens is 6. The molecule has 0 radical (unpaired) electrons. The van der Waals surface area contributed by atoms with Crippen molar-refractivity contribution >= 4 is 35.3 Å². The fourth-order valence-electron chi connectivity index (χ4n) is 10.6. The Hall–Kier alpha value is -8.12. The van der Waals surface area contributed by atoms with Gasteiger partial charge in [0.05, 0.1) is 102 Å². The largest absolute Gasteiger partial charge is 0.478 e. The van der Waals surface area contributed by atoms with Gasteiger partial charge in [0.15, 0.2) is 40.5 Å². The van der Waals surface area contributed by atoms with Crippen LogP contribution in [0, 0.1) is 0 Å². The highest BCUT2D eigenvalue weighted by Gasteiger charge is 2.36. The molecule has 508 valence electrons. The number of pyridine rings is 6. The normalized spacial score (nSPS) is 19.7. The first-order valence-electron chi connectivity index (χ1n) is 31.5. The number of rotatable bonds is 28. The summed E-state index contributed by atoms with van der Waals surface area (Å²) in [5, 5.41) is 27.1. The van der Waals surface area contributed by atoms with Crippen LogP contribution in [0.15, 0.2) is 110 Å². The van der Waals surface area contributed by atoms with Gasteiger partial charge in [0.2, 0.25) is 0 Å². The highest BCUT2D eigenvalue weighted by atomic mass is 16.8. The molecule has 95 heavy (non-hydrogen) atoms. The van der Waals surface area contributed by atoms with Crippen molar-refractivity contribution in [2.24, 2.45) is 5.73 Å². The minimum absolute atomic E-state index is 0.00256. The van der Waals surface area contributed by atoms with Gasteiger partial charge in [-0.2, -0.15) is 0 Å². The first-order valence-corrected chi connectivity index (χ1v) is 31.5. The molecular weight excluding hydrogens is 1230 g/mol. The smallest absolute Gasteiger partial charge is 0.337 e. The number of carbonyl (C=O) groups is 6. The first-order chi connectivity index (χ1) is 45.1. The van der Waals surface area contributed by atoms with Crippen LogP contribution in [-0.2, 0) is 77.2 Å². The zero-order chi connectivity index (χ0) is 68.5. The molecule has 0 bridgehead atoms. The molecule has 26 nitrogen and oxygen atoms in total. The zero-order valence-electron chi connectivity index (χ0n) is 54.9. The van der Waals surface area contributed by atoms with Gasteiger partial charge in [0.25, 0.3) is 0 Å². The summed E-state index contributed by atoms with van der Waals surface area (Å²) in [5.74, 6) is -5.47. The Morgan fingerprint density at radius 3 is 0.737 bits per heavy atom. The Morgan fingerprint density at radius 2 is 0.579 bits per heavy atom. The highest BCUT2D eigenvalue weighted by molar-refractivity contribution is 5.97. The molecule has 0 saturated carbocycles. The molecule has 4 aliphatic rings. The first kappa shape index (κ1) is 72.7. The van der Waals surface area contributed by atoms with E-state index in [1.165, 1.54) is 36.8 Å². The number of nitrogens with zero attached hydrogens (tertiary/aromatic N) is 8. The van der Waals surface area contributed by atoms with Gasteiger partial charge in [-0.05, 0) is 147 Å². The molecule has 0 aromatic carbocycles. The molecule has 6 aromatic rings. The van der Waals surface area contributed by atoms with Crippen LogP contribution in [0.1, 0.15) is 190 Å². The van der Waals surface area contributed by atoms with Crippen molar-refractivity contribution in [1.82, 2.24) is 39.7 Å². The summed E-state index contributed by atoms with van der Waals surface area (Å²) >= 11 is 0. The van der Waals surface area contributed by atoms with Crippen LogP contribution in [0.5, 0.6) is 0 Å². The van der Waals surface area contributed by atoms with Crippen LogP contribution >= 0.6 is 0 Å². The van der Waals surface area contributed by atoms with Crippen molar-refractivity contribution in [3.63, 3.8) is 0 Å². The quantitative estimate of drug-likeness (QED) is 0.0334. The minimum atomic E-state index is -1.07. The molecule has 0 spiro atoms. The highest BCUT2D eigenvalue weighted by Crippen LogP contribution is 2.29. The molecule has 0 aliphatic carbocycles. The number of hydrogen-bond acceptors (Lipinski definition) is 23. The van der Waals surface area contributed by atoms with E-state index in [4.69, 9.17) is 58.9 Å². The number of aromatic carboxylic acids is 3. The maximum absolute atomic E-state index is 13.0. The number of hydrogen-bond donors (Lipinski definition) is 4. The average Bonchev–Trinajstić information content (AvgIpc) is 1.90. The number of ketones is 3. The van der Waals surface area contributed by atoms with Crippen molar-refractivity contribution in [1.29, 1.82) is 0 Å². The monoisotopic (exact) mass is 1310 g/mol. The molecule has 6 aromatic heterocycles. The number of ether oxygens (including phenoxy) is 8. The Balaban J connectivity index is 0.000000240. The SMILES string of the molecule is CC1(C)OC[C@H](CCC(=O)c2ccc(CN(Cc3ccc(C(=O)CC[C@H]4COC(C)(C)O4)cn3)Cc3ccc(C(=O)CC[C@H]4COC(C)(C)O4)cn3)nc2)O1.CC1(C)OC[C@H](CN)O1.O=C(O)c1ccc(CN(Cc2ccc(C(=O)O)cn2)Cc2ccc(C(=O)O)cn2)nc1. The molecular formula is C69H85N9O17. The standard InChI is InChI=1S/C42H54N4O9.C21H18N4O6.C6H13NO2/c1-40(2)50-25-34(53-40)13-16-37(47)28-7-10-31(43-19-28)22-46(23-32-11-8-29(20-44-32)38(48)17-14-35-26-51-41(3,4)54-35)24-33-12-9-30(21-45-33)39(49)18-15-36-27-52-42(5,6)55-36;26-19(27)13-1-4-16(22-7-13)10-25(11-17-5-2-14(8-23-17)20(28)29)12-18-6-3-15(9-24-18)21(30)31;1-6(2)8-4-5(3-7)9-6/h7-12,19-21,34-36H,13-18,22-27H2,1-6H3;1-9H,10-12H2,(H,26,27)(H,28,29)(H,30,31);5H,3-4,7H2,1-2H3/t34-,35-,36-;;5-/m0.0/s1. The predicted molar refractivity (Wildman–Crippen MR) is 342 cm³/mol. The average molecular weight is 1310 g/mol. The summed E-state index contributed by atoms with van der Waals surface area (Å²) in [6, 6.07) is 20.2. The fourth-order valence-corrected chi connectivity index (χ4v) is 10.6. The van der Waals surface area contributed by atoms with Gasteiger partial charge in [0, 0.05) is 119 Å². The lowest BCUT2D eigenvalue weighted by Gasteiger charge is -2.22. The lowest BCUT2D eigenvalue weighted by Crippen LogP contribution is -2.26. The Bertz CT molecular complexity index is 3190. The van der Waals surface area contributed by atoms with Gasteiger partial charge in [-0.1, -0.05) is 0 Å². The molecule has 0 amide bonds. The predicted octanol–water partition coefficient (Wildman–Crippen LogP) is 8.68. The van der Waals surface area contributed by atoms with Crippen LogP contribution in [0.25, 0.3) is 0 Å². The number of Topliss-reactive ketones (excluding diaryl/α,β-unsaturated/α-hetero) is 3. The van der Waals surface area contributed by atoms with E-state index in [9.17, 15) is 28.8 Å². The van der Waals surface area contributed by atoms with Crippen LogP contribution in [-0.4, -0.2) is 171 Å². The second-order valence-corrected chi connectivity index (χ2v) is 25.4. The lowest BCUT2D eigenvalue weighted by molar-refractivity contribution is -0.139. The molecule has 4 atom stereocenters. The van der Waals surface area contributed by atoms with E-state index in [1.54, 1.807) is 36.8 Å².